The van der Waals surface area contributed by atoms with E-state index in [1.807, 2.05) is 0 Å². The van der Waals surface area contributed by atoms with Gasteiger partial charge in [0.2, 0.25) is 0 Å². The number of hydrogen-bond acceptors (Lipinski definition) is 4. The number of aliphatic hydroxyl groups excluding tert-OH is 1. The van der Waals surface area contributed by atoms with Crippen molar-refractivity contribution in [1.82, 2.24) is 10.2 Å². The molecule has 0 aliphatic heterocycles. The van der Waals surface area contributed by atoms with Gasteiger partial charge in [0.1, 0.15) is 6.23 Å². The molecule has 0 saturated heterocycles. The van der Waals surface area contributed by atoms with E-state index in [1.54, 1.807) is 0 Å². The van der Waals surface area contributed by atoms with Gasteiger partial charge in [-0.05, 0) is 51.7 Å². The summed E-state index contributed by atoms with van der Waals surface area (Å²) in [4.78, 5) is 2.40. The largest absolute Gasteiger partial charge is 0.378 e. The van der Waals surface area contributed by atoms with Gasteiger partial charge in [0.25, 0.3) is 0 Å². The van der Waals surface area contributed by atoms with Crippen molar-refractivity contribution in [2.75, 3.05) is 32.7 Å². The number of aliphatic hydroxyl groups is 1. The van der Waals surface area contributed by atoms with E-state index in [-0.39, 0.29) is 6.23 Å². The van der Waals surface area contributed by atoms with Crippen molar-refractivity contribution in [2.24, 2.45) is 5.73 Å². The molecule has 0 saturated carbocycles. The van der Waals surface area contributed by atoms with Crippen molar-refractivity contribution in [3.05, 3.63) is 0 Å². The van der Waals surface area contributed by atoms with Crippen molar-refractivity contribution in [2.45, 2.75) is 193 Å². The Bertz CT molecular complexity index is 406. The van der Waals surface area contributed by atoms with Crippen molar-refractivity contribution in [3.8, 4) is 0 Å². The highest BCUT2D eigenvalue weighted by Gasteiger charge is 2.14. The third-order valence-electron chi connectivity index (χ3n) is 8.39. The number of nitrogens with zero attached hydrogens (tertiary/aromatic N) is 1. The summed E-state index contributed by atoms with van der Waals surface area (Å²) in [5.41, 5.74) is 5.58. The molecule has 4 heteroatoms. The molecule has 1 atom stereocenters. The lowest BCUT2D eigenvalue weighted by Gasteiger charge is -2.28. The molecule has 0 amide bonds. The van der Waals surface area contributed by atoms with Gasteiger partial charge in [0.05, 0.1) is 0 Å². The van der Waals surface area contributed by atoms with Gasteiger partial charge in [-0.15, -0.1) is 0 Å². The normalized spacial score (nSPS) is 12.5. The van der Waals surface area contributed by atoms with Crippen LogP contribution in [-0.2, 0) is 0 Å². The van der Waals surface area contributed by atoms with E-state index in [4.69, 9.17) is 5.73 Å². The molecule has 0 aromatic carbocycles. The smallest absolute Gasteiger partial charge is 0.107 e. The molecule has 0 aromatic rings. The van der Waals surface area contributed by atoms with Gasteiger partial charge in [-0.25, -0.2) is 0 Å². The summed E-state index contributed by atoms with van der Waals surface area (Å²) < 4.78 is 0. The first-order valence-electron chi connectivity index (χ1n) is 18.1. The summed E-state index contributed by atoms with van der Waals surface area (Å²) in [6.07, 6.45) is 36.0. The van der Waals surface area contributed by atoms with Gasteiger partial charge in [0, 0.05) is 13.1 Å². The fourth-order valence-corrected chi connectivity index (χ4v) is 5.67. The molecule has 0 rings (SSSR count). The maximum atomic E-state index is 10.9. The second-order valence-electron chi connectivity index (χ2n) is 12.3. The lowest BCUT2D eigenvalue weighted by Crippen LogP contribution is -2.37. The van der Waals surface area contributed by atoms with E-state index in [9.17, 15) is 5.11 Å². The summed E-state index contributed by atoms with van der Waals surface area (Å²) in [6, 6.07) is 0. The van der Waals surface area contributed by atoms with E-state index < -0.39 is 0 Å². The highest BCUT2D eigenvalue weighted by atomic mass is 16.3. The first kappa shape index (κ1) is 38.8. The Morgan fingerprint density at radius 1 is 0.487 bits per heavy atom. The minimum absolute atomic E-state index is 0.276. The quantitative estimate of drug-likeness (QED) is 0.0548. The Labute approximate surface area is 247 Å². The molecule has 0 spiro atoms. The molecular weight excluding hydrogens is 478 g/mol. The highest BCUT2D eigenvalue weighted by Crippen LogP contribution is 2.15. The van der Waals surface area contributed by atoms with Gasteiger partial charge in [0.15, 0.2) is 0 Å². The summed E-state index contributed by atoms with van der Waals surface area (Å²) in [5.74, 6) is 0. The van der Waals surface area contributed by atoms with Gasteiger partial charge < -0.3 is 16.2 Å². The van der Waals surface area contributed by atoms with Crippen LogP contribution in [0.2, 0.25) is 0 Å². The number of nitrogens with two attached hydrogens (primary N) is 1. The van der Waals surface area contributed by atoms with Gasteiger partial charge in [-0.2, -0.15) is 0 Å². The van der Waals surface area contributed by atoms with Crippen LogP contribution in [0.3, 0.4) is 0 Å². The topological polar surface area (TPSA) is 61.5 Å². The second kappa shape index (κ2) is 34.0. The zero-order valence-electron chi connectivity index (χ0n) is 27.2. The molecule has 0 fully saturated rings. The van der Waals surface area contributed by atoms with Crippen molar-refractivity contribution in [1.29, 1.82) is 0 Å². The summed E-state index contributed by atoms with van der Waals surface area (Å²) >= 11 is 0. The third-order valence-corrected chi connectivity index (χ3v) is 8.39. The standard InChI is InChI=1S/C35H75N3O/c1-3-5-7-9-11-13-15-17-19-21-23-25-33-38(35(39)29-27-31-37-32-28-30-36)34-26-24-22-20-18-16-14-12-10-8-6-4-2/h35,37,39H,3-34,36H2,1-2H3. The maximum Gasteiger partial charge on any atom is 0.107 e. The van der Waals surface area contributed by atoms with Crippen molar-refractivity contribution in [3.63, 3.8) is 0 Å². The number of unbranched alkanes of at least 4 members (excludes halogenated alkanes) is 22. The Morgan fingerprint density at radius 2 is 0.821 bits per heavy atom. The fraction of sp³-hybridized carbons (Fsp3) is 1.00. The molecule has 0 aliphatic carbocycles. The monoisotopic (exact) mass is 554 g/mol. The minimum Gasteiger partial charge on any atom is -0.378 e. The molecular formula is C35H75N3O. The first-order chi connectivity index (χ1) is 19.3. The van der Waals surface area contributed by atoms with Crippen LogP contribution in [0.1, 0.15) is 187 Å². The van der Waals surface area contributed by atoms with E-state index in [0.717, 1.165) is 52.0 Å². The summed E-state index contributed by atoms with van der Waals surface area (Å²) in [6.45, 7) is 9.46. The Kier molecular flexibility index (Phi) is 33.9. The van der Waals surface area contributed by atoms with Crippen LogP contribution in [0.25, 0.3) is 0 Å². The van der Waals surface area contributed by atoms with E-state index in [2.05, 4.69) is 24.1 Å². The van der Waals surface area contributed by atoms with Crippen LogP contribution in [0.5, 0.6) is 0 Å². The lowest BCUT2D eigenvalue weighted by atomic mass is 10.0. The third kappa shape index (κ3) is 30.6. The molecule has 0 bridgehead atoms. The Balaban J connectivity index is 3.97. The van der Waals surface area contributed by atoms with E-state index >= 15 is 0 Å². The number of hydrogen-bond donors (Lipinski definition) is 3. The molecule has 4 nitrogen and oxygen atoms in total. The van der Waals surface area contributed by atoms with Crippen molar-refractivity contribution < 1.29 is 5.11 Å². The fourth-order valence-electron chi connectivity index (χ4n) is 5.67. The zero-order chi connectivity index (χ0) is 28.5. The molecule has 0 aliphatic rings. The van der Waals surface area contributed by atoms with Gasteiger partial charge >= 0.3 is 0 Å². The van der Waals surface area contributed by atoms with Gasteiger partial charge in [-0.1, -0.05) is 155 Å². The molecule has 39 heavy (non-hydrogen) atoms. The van der Waals surface area contributed by atoms with Crippen LogP contribution in [-0.4, -0.2) is 49.0 Å². The Hall–Kier alpha value is -0.160. The highest BCUT2D eigenvalue weighted by molar-refractivity contribution is 4.65. The van der Waals surface area contributed by atoms with Crippen molar-refractivity contribution >= 4 is 0 Å². The second-order valence-corrected chi connectivity index (χ2v) is 12.3. The Morgan fingerprint density at radius 3 is 1.18 bits per heavy atom. The van der Waals surface area contributed by atoms with Crippen LogP contribution in [0, 0.1) is 0 Å². The lowest BCUT2D eigenvalue weighted by molar-refractivity contribution is -0.00574. The molecule has 1 unspecified atom stereocenters. The average Bonchev–Trinajstić information content (AvgIpc) is 2.94. The van der Waals surface area contributed by atoms with Crippen LogP contribution < -0.4 is 11.1 Å². The molecule has 4 N–H and O–H groups in total. The average molecular weight is 554 g/mol. The predicted molar refractivity (Wildman–Crippen MR) is 176 cm³/mol. The molecule has 236 valence electrons. The van der Waals surface area contributed by atoms with Gasteiger partial charge in [-0.3, -0.25) is 4.90 Å². The SMILES string of the molecule is CCCCCCCCCCCCCCN(CCCCCCCCCCCCCC)C(O)CCCNCCCN. The maximum absolute atomic E-state index is 10.9. The minimum atomic E-state index is -0.276. The number of rotatable bonds is 34. The summed E-state index contributed by atoms with van der Waals surface area (Å²) in [5, 5.41) is 14.4. The summed E-state index contributed by atoms with van der Waals surface area (Å²) in [7, 11) is 0. The molecule has 0 heterocycles. The van der Waals surface area contributed by atoms with Crippen LogP contribution >= 0.6 is 0 Å². The number of nitrogens with one attached hydrogen (secondary N) is 1. The van der Waals surface area contributed by atoms with Crippen LogP contribution in [0.15, 0.2) is 0 Å². The zero-order valence-corrected chi connectivity index (χ0v) is 27.2. The van der Waals surface area contributed by atoms with E-state index in [0.29, 0.717) is 0 Å². The molecule has 0 aromatic heterocycles. The first-order valence-corrected chi connectivity index (χ1v) is 18.1. The molecule has 0 radical (unpaired) electrons. The van der Waals surface area contributed by atoms with E-state index in [1.165, 1.54) is 154 Å². The van der Waals surface area contributed by atoms with Crippen LogP contribution in [0.4, 0.5) is 0 Å². The predicted octanol–water partition coefficient (Wildman–Crippen LogP) is 9.73.